The zero-order chi connectivity index (χ0) is 16.0. The molecule has 118 valence electrons. The van der Waals surface area contributed by atoms with Gasteiger partial charge in [0.05, 0.1) is 0 Å². The summed E-state index contributed by atoms with van der Waals surface area (Å²) in [6.45, 7) is 0. The number of allylic oxidation sites excluding steroid dienone is 4. The first kappa shape index (κ1) is 14.9. The molecule has 1 aromatic rings. The van der Waals surface area contributed by atoms with Crippen LogP contribution in [0.2, 0.25) is 0 Å². The maximum Gasteiger partial charge on any atom is 0.181 e. The predicted molar refractivity (Wildman–Crippen MR) is 96.5 cm³/mol. The van der Waals surface area contributed by atoms with Crippen molar-refractivity contribution in [3.05, 3.63) is 50.6 Å². The van der Waals surface area contributed by atoms with Gasteiger partial charge in [0, 0.05) is 33.5 Å². The van der Waals surface area contributed by atoms with Gasteiger partial charge in [0.15, 0.2) is 11.6 Å². The first-order valence-corrected chi connectivity index (χ1v) is 9.08. The van der Waals surface area contributed by atoms with Crippen LogP contribution in [0.4, 0.5) is 5.69 Å². The maximum absolute atomic E-state index is 12.6. The van der Waals surface area contributed by atoms with E-state index >= 15 is 0 Å². The van der Waals surface area contributed by atoms with Gasteiger partial charge in [-0.3, -0.25) is 9.59 Å². The third-order valence-corrected chi connectivity index (χ3v) is 5.25. The fourth-order valence-electron chi connectivity index (χ4n) is 3.59. The second-order valence-corrected chi connectivity index (χ2v) is 7.39. The van der Waals surface area contributed by atoms with Gasteiger partial charge < -0.3 is 10.2 Å². The van der Waals surface area contributed by atoms with Crippen LogP contribution in [0.1, 0.15) is 38.5 Å². The number of hydrogen-bond donors (Lipinski definition) is 1. The quantitative estimate of drug-likeness (QED) is 0.706. The minimum atomic E-state index is 0.127. The largest absolute Gasteiger partial charge is 0.359 e. The van der Waals surface area contributed by atoms with Crippen LogP contribution in [-0.4, -0.2) is 11.6 Å². The summed E-state index contributed by atoms with van der Waals surface area (Å²) in [6, 6.07) is 8.00. The minimum absolute atomic E-state index is 0.127. The van der Waals surface area contributed by atoms with Crippen LogP contribution in [0.15, 0.2) is 47.1 Å². The molecule has 23 heavy (non-hydrogen) atoms. The van der Waals surface area contributed by atoms with Crippen molar-refractivity contribution in [2.24, 2.45) is 0 Å². The van der Waals surface area contributed by atoms with Crippen molar-refractivity contribution in [3.8, 4) is 0 Å². The number of halogens is 1. The van der Waals surface area contributed by atoms with Crippen LogP contribution < -0.4 is 10.2 Å². The second-order valence-electron chi connectivity index (χ2n) is 6.15. The summed E-state index contributed by atoms with van der Waals surface area (Å²) in [4.78, 5) is 27.1. The number of nitrogens with zero attached hydrogens (tertiary/aromatic N) is 1. The van der Waals surface area contributed by atoms with E-state index in [0.29, 0.717) is 24.2 Å². The fourth-order valence-corrected chi connectivity index (χ4v) is 4.12. The average Bonchev–Trinajstić information content (AvgIpc) is 2.53. The van der Waals surface area contributed by atoms with Crippen LogP contribution in [0.5, 0.6) is 0 Å². The zero-order valence-corrected chi connectivity index (χ0v) is 14.9. The smallest absolute Gasteiger partial charge is 0.181 e. The van der Waals surface area contributed by atoms with Crippen molar-refractivity contribution in [3.63, 3.8) is 0 Å². The second kappa shape index (κ2) is 5.78. The van der Waals surface area contributed by atoms with E-state index < -0.39 is 0 Å². The Morgan fingerprint density at radius 2 is 1.52 bits per heavy atom. The topological polar surface area (TPSA) is 49.4 Å². The lowest BCUT2D eigenvalue weighted by molar-refractivity contribution is -0.116. The van der Waals surface area contributed by atoms with Crippen molar-refractivity contribution < 1.29 is 9.59 Å². The molecule has 0 radical (unpaired) electrons. The van der Waals surface area contributed by atoms with Gasteiger partial charge in [-0.05, 0) is 66.5 Å². The van der Waals surface area contributed by atoms with E-state index in [1.54, 1.807) is 0 Å². The highest BCUT2D eigenvalue weighted by atomic mass is 127. The van der Waals surface area contributed by atoms with E-state index in [0.717, 1.165) is 46.3 Å². The number of benzene rings is 1. The molecule has 1 aliphatic heterocycles. The molecule has 4 rings (SSSR count). The number of nitrogens with one attached hydrogen (secondary N) is 1. The monoisotopic (exact) mass is 420 g/mol. The van der Waals surface area contributed by atoms with Gasteiger partial charge in [-0.2, -0.15) is 0 Å². The third kappa shape index (κ3) is 2.51. The van der Waals surface area contributed by atoms with Crippen molar-refractivity contribution in [2.75, 3.05) is 4.90 Å². The Labute approximate surface area is 148 Å². The van der Waals surface area contributed by atoms with Gasteiger partial charge in [0.25, 0.3) is 0 Å². The van der Waals surface area contributed by atoms with Crippen LogP contribution in [0.25, 0.3) is 0 Å². The Kier molecular flexibility index (Phi) is 3.75. The number of rotatable bonds is 1. The Morgan fingerprint density at radius 1 is 0.913 bits per heavy atom. The number of hydrogen-bond acceptors (Lipinski definition) is 4. The molecule has 0 fully saturated rings. The molecule has 0 spiro atoms. The summed E-state index contributed by atoms with van der Waals surface area (Å²) in [5, 5.41) is 3.41. The molecule has 4 nitrogen and oxygen atoms in total. The molecular weight excluding hydrogens is 403 g/mol. The summed E-state index contributed by atoms with van der Waals surface area (Å²) >= 11 is 2.26. The molecule has 5 heteroatoms. The number of anilines is 1. The standard InChI is InChI=1S/C18H17IN2O2/c19-11-4-1-5-12(10-11)21-17-13(6-2-8-15(17)22)20-14-7-3-9-16(23)18(14)21/h1,4-5,10,20H,2-3,6-9H2. The summed E-state index contributed by atoms with van der Waals surface area (Å²) in [7, 11) is 0. The average molecular weight is 420 g/mol. The van der Waals surface area contributed by atoms with Gasteiger partial charge >= 0.3 is 0 Å². The summed E-state index contributed by atoms with van der Waals surface area (Å²) in [6.07, 6.45) is 4.59. The van der Waals surface area contributed by atoms with Gasteiger partial charge in [-0.1, -0.05) is 6.07 Å². The third-order valence-electron chi connectivity index (χ3n) is 4.58. The maximum atomic E-state index is 12.6. The molecule has 0 atom stereocenters. The molecule has 0 unspecified atom stereocenters. The molecule has 1 N–H and O–H groups in total. The van der Waals surface area contributed by atoms with E-state index in [4.69, 9.17) is 0 Å². The van der Waals surface area contributed by atoms with E-state index in [9.17, 15) is 9.59 Å². The molecule has 2 aliphatic carbocycles. The summed E-state index contributed by atoms with van der Waals surface area (Å²) in [5.74, 6) is 0.255. The first-order valence-electron chi connectivity index (χ1n) is 8.00. The molecule has 0 bridgehead atoms. The Bertz CT molecular complexity index is 737. The number of carbonyl (C=O) groups excluding carboxylic acids is 2. The van der Waals surface area contributed by atoms with Crippen molar-refractivity contribution in [1.29, 1.82) is 0 Å². The number of carbonyl (C=O) groups is 2. The molecule has 0 amide bonds. The number of Topliss-reactive ketones (excluding diaryl/α,β-unsaturated/α-hetero) is 2. The van der Waals surface area contributed by atoms with Gasteiger partial charge in [0.2, 0.25) is 0 Å². The highest BCUT2D eigenvalue weighted by molar-refractivity contribution is 14.1. The van der Waals surface area contributed by atoms with E-state index in [2.05, 4.69) is 27.9 Å². The lowest BCUT2D eigenvalue weighted by Crippen LogP contribution is -2.43. The fraction of sp³-hybridized carbons (Fsp3) is 0.333. The van der Waals surface area contributed by atoms with Gasteiger partial charge in [-0.25, -0.2) is 0 Å². The van der Waals surface area contributed by atoms with Crippen molar-refractivity contribution in [2.45, 2.75) is 38.5 Å². The van der Waals surface area contributed by atoms with E-state index in [-0.39, 0.29) is 11.6 Å². The molecule has 0 aromatic heterocycles. The van der Waals surface area contributed by atoms with Crippen LogP contribution in [-0.2, 0) is 9.59 Å². The zero-order valence-electron chi connectivity index (χ0n) is 12.7. The molecule has 1 heterocycles. The first-order chi connectivity index (χ1) is 11.1. The molecular formula is C18H17IN2O2. The van der Waals surface area contributed by atoms with Crippen LogP contribution >= 0.6 is 22.6 Å². The molecule has 3 aliphatic rings. The van der Waals surface area contributed by atoms with Crippen molar-refractivity contribution >= 4 is 39.8 Å². The Morgan fingerprint density at radius 3 is 2.09 bits per heavy atom. The number of ketones is 2. The molecule has 0 saturated carbocycles. The van der Waals surface area contributed by atoms with Crippen LogP contribution in [0.3, 0.4) is 0 Å². The molecule has 1 aromatic carbocycles. The molecule has 0 saturated heterocycles. The van der Waals surface area contributed by atoms with Gasteiger partial charge in [-0.15, -0.1) is 0 Å². The lowest BCUT2D eigenvalue weighted by atomic mass is 9.90. The SMILES string of the molecule is O=C1CCCC2=C1N(c1cccc(I)c1)C1=C(CCCC1=O)N2. The normalized spacial score (nSPS) is 21.2. The highest BCUT2D eigenvalue weighted by Gasteiger charge is 2.38. The predicted octanol–water partition coefficient (Wildman–Crippen LogP) is 3.63. The Hall–Kier alpha value is -1.63. The Balaban J connectivity index is 1.92. The highest BCUT2D eigenvalue weighted by Crippen LogP contribution is 2.39. The van der Waals surface area contributed by atoms with Crippen molar-refractivity contribution in [1.82, 2.24) is 5.32 Å². The summed E-state index contributed by atoms with van der Waals surface area (Å²) < 4.78 is 1.09. The summed E-state index contributed by atoms with van der Waals surface area (Å²) in [5.41, 5.74) is 4.21. The van der Waals surface area contributed by atoms with E-state index in [1.807, 2.05) is 29.2 Å². The van der Waals surface area contributed by atoms with E-state index in [1.165, 1.54) is 0 Å². The van der Waals surface area contributed by atoms with Gasteiger partial charge in [0.1, 0.15) is 11.4 Å². The lowest BCUT2D eigenvalue weighted by Gasteiger charge is -2.40. The minimum Gasteiger partial charge on any atom is -0.359 e. The van der Waals surface area contributed by atoms with Crippen LogP contribution in [0, 0.1) is 3.57 Å².